The third-order valence-corrected chi connectivity index (χ3v) is 6.31. The van der Waals surface area contributed by atoms with Crippen molar-refractivity contribution in [2.45, 2.75) is 17.5 Å². The summed E-state index contributed by atoms with van der Waals surface area (Å²) in [6.07, 6.45) is 1.06. The zero-order valence-corrected chi connectivity index (χ0v) is 20.8. The second-order valence-electron chi connectivity index (χ2n) is 7.65. The number of sulfone groups is 1. The van der Waals surface area contributed by atoms with Gasteiger partial charge in [0, 0.05) is 28.6 Å². The third kappa shape index (κ3) is 7.61. The van der Waals surface area contributed by atoms with Gasteiger partial charge in [0.15, 0.2) is 15.9 Å². The molecule has 0 spiro atoms. The largest absolute Gasteiger partial charge is 0.497 e. The molecule has 1 unspecified atom stereocenters. The number of carboxylic acids is 1. The fraction of sp³-hybridized carbons (Fsp3) is 0.240. The van der Waals surface area contributed by atoms with Gasteiger partial charge < -0.3 is 24.6 Å². The maximum Gasteiger partial charge on any atom is 0.330 e. The first-order chi connectivity index (χ1) is 16.7. The lowest BCUT2D eigenvalue weighted by atomic mass is 10.1. The zero-order chi connectivity index (χ0) is 25.4. The van der Waals surface area contributed by atoms with Gasteiger partial charge in [-0.3, -0.25) is 0 Å². The number of carbonyl (C=O) groups is 1. The molecule has 10 heteroatoms. The molecule has 8 nitrogen and oxygen atoms in total. The minimum Gasteiger partial charge on any atom is -0.497 e. The second-order valence-corrected chi connectivity index (χ2v) is 10.1. The van der Waals surface area contributed by atoms with E-state index in [1.54, 1.807) is 12.1 Å². The highest BCUT2D eigenvalue weighted by Crippen LogP contribution is 2.33. The van der Waals surface area contributed by atoms with Crippen LogP contribution in [0.15, 0.2) is 71.6 Å². The van der Waals surface area contributed by atoms with Gasteiger partial charge in [-0.25, -0.2) is 13.2 Å². The van der Waals surface area contributed by atoms with Crippen LogP contribution < -0.4 is 14.8 Å². The van der Waals surface area contributed by atoms with Crippen molar-refractivity contribution in [3.8, 4) is 11.5 Å². The molecule has 0 aromatic heterocycles. The summed E-state index contributed by atoms with van der Waals surface area (Å²) in [6.45, 7) is 0.869. The number of halogens is 1. The number of aliphatic carboxylic acids is 1. The van der Waals surface area contributed by atoms with E-state index in [-0.39, 0.29) is 35.3 Å². The Morgan fingerprint density at radius 3 is 2.46 bits per heavy atom. The molecule has 0 aliphatic rings. The standard InChI is InChI=1S/C25H26ClNO7S/c1-32-20-13-19(14-21(15-20)35(2,30)31)27-24(25(28)29)22-9-8-18(26)12-23(22)34-11-10-33-16-17-6-4-3-5-7-17/h3-9,12-15,24,27H,10-11,16H2,1-2H3,(H,28,29). The predicted molar refractivity (Wildman–Crippen MR) is 133 cm³/mol. The molecule has 3 aromatic carbocycles. The number of methoxy groups -OCH3 is 1. The molecule has 0 amide bonds. The molecular formula is C25H26ClNO7S. The Kier molecular flexibility index (Phi) is 8.97. The second kappa shape index (κ2) is 11.9. The van der Waals surface area contributed by atoms with Crippen LogP contribution in [0.4, 0.5) is 5.69 Å². The monoisotopic (exact) mass is 519 g/mol. The van der Waals surface area contributed by atoms with Gasteiger partial charge >= 0.3 is 5.97 Å². The molecule has 1 atom stereocenters. The fourth-order valence-electron chi connectivity index (χ4n) is 3.27. The summed E-state index contributed by atoms with van der Waals surface area (Å²) in [5, 5.41) is 13.2. The highest BCUT2D eigenvalue weighted by Gasteiger charge is 2.25. The van der Waals surface area contributed by atoms with Crippen LogP contribution in [-0.4, -0.2) is 46.1 Å². The van der Waals surface area contributed by atoms with Gasteiger partial charge in [-0.2, -0.15) is 0 Å². The van der Waals surface area contributed by atoms with Crippen LogP contribution in [0, 0.1) is 0 Å². The van der Waals surface area contributed by atoms with Crippen molar-refractivity contribution < 1.29 is 32.5 Å². The van der Waals surface area contributed by atoms with Crippen molar-refractivity contribution in [3.05, 3.63) is 82.9 Å². The minimum atomic E-state index is -3.55. The summed E-state index contributed by atoms with van der Waals surface area (Å²) in [6, 6.07) is 17.3. The average Bonchev–Trinajstić information content (AvgIpc) is 2.82. The Morgan fingerprint density at radius 1 is 1.06 bits per heavy atom. The maximum absolute atomic E-state index is 12.2. The molecule has 0 aliphatic carbocycles. The Labute approximate surface area is 209 Å². The Bertz CT molecular complexity index is 1270. The van der Waals surface area contributed by atoms with Crippen LogP contribution >= 0.6 is 11.6 Å². The van der Waals surface area contributed by atoms with Crippen molar-refractivity contribution in [3.63, 3.8) is 0 Å². The number of rotatable bonds is 12. The average molecular weight is 520 g/mol. The number of carboxylic acid groups (broad SMARTS) is 1. The highest BCUT2D eigenvalue weighted by atomic mass is 35.5. The predicted octanol–water partition coefficient (Wildman–Crippen LogP) is 4.59. The van der Waals surface area contributed by atoms with Crippen LogP contribution in [-0.2, 0) is 26.0 Å². The smallest absolute Gasteiger partial charge is 0.330 e. The van der Waals surface area contributed by atoms with E-state index in [9.17, 15) is 18.3 Å². The fourth-order valence-corrected chi connectivity index (χ4v) is 4.11. The van der Waals surface area contributed by atoms with Crippen LogP contribution in [0.5, 0.6) is 11.5 Å². The summed E-state index contributed by atoms with van der Waals surface area (Å²) >= 11 is 6.13. The molecule has 0 saturated carbocycles. The minimum absolute atomic E-state index is 0.00775. The van der Waals surface area contributed by atoms with Crippen molar-refractivity contribution in [1.29, 1.82) is 0 Å². The number of hydrogen-bond acceptors (Lipinski definition) is 7. The van der Waals surface area contributed by atoms with E-state index in [1.807, 2.05) is 30.3 Å². The molecule has 2 N–H and O–H groups in total. The number of nitrogens with one attached hydrogen (secondary N) is 1. The SMILES string of the molecule is COc1cc(NC(C(=O)O)c2ccc(Cl)cc2OCCOCc2ccccc2)cc(S(C)(=O)=O)c1. The molecule has 0 aliphatic heterocycles. The van der Waals surface area contributed by atoms with E-state index >= 15 is 0 Å². The molecule has 3 rings (SSSR count). The van der Waals surface area contributed by atoms with Crippen LogP contribution in [0.2, 0.25) is 5.02 Å². The van der Waals surface area contributed by atoms with E-state index in [0.717, 1.165) is 11.8 Å². The van der Waals surface area contributed by atoms with Crippen molar-refractivity contribution in [2.75, 3.05) is 31.9 Å². The molecule has 0 heterocycles. The first-order valence-electron chi connectivity index (χ1n) is 10.6. The van der Waals surface area contributed by atoms with E-state index in [2.05, 4.69) is 5.32 Å². The topological polar surface area (TPSA) is 111 Å². The van der Waals surface area contributed by atoms with Gasteiger partial charge in [0.25, 0.3) is 0 Å². The van der Waals surface area contributed by atoms with E-state index in [4.69, 9.17) is 25.8 Å². The first-order valence-corrected chi connectivity index (χ1v) is 12.9. The lowest BCUT2D eigenvalue weighted by Crippen LogP contribution is -2.22. The van der Waals surface area contributed by atoms with Crippen LogP contribution in [0.25, 0.3) is 0 Å². The lowest BCUT2D eigenvalue weighted by Gasteiger charge is -2.20. The van der Waals surface area contributed by atoms with Gasteiger partial charge in [-0.1, -0.05) is 48.0 Å². The molecular weight excluding hydrogens is 494 g/mol. The van der Waals surface area contributed by atoms with Gasteiger partial charge in [0.2, 0.25) is 0 Å². The lowest BCUT2D eigenvalue weighted by molar-refractivity contribution is -0.138. The summed E-state index contributed by atoms with van der Waals surface area (Å²) in [5.41, 5.74) is 1.59. The third-order valence-electron chi connectivity index (χ3n) is 4.99. The Morgan fingerprint density at radius 2 is 1.80 bits per heavy atom. The van der Waals surface area contributed by atoms with Gasteiger partial charge in [-0.05, 0) is 29.8 Å². The Balaban J connectivity index is 1.78. The summed E-state index contributed by atoms with van der Waals surface area (Å²) in [7, 11) is -2.16. The van der Waals surface area contributed by atoms with Gasteiger partial charge in [0.1, 0.15) is 18.1 Å². The summed E-state index contributed by atoms with van der Waals surface area (Å²) in [5.74, 6) is -0.657. The summed E-state index contributed by atoms with van der Waals surface area (Å²) in [4.78, 5) is 12.2. The van der Waals surface area contributed by atoms with Crippen molar-refractivity contribution in [2.24, 2.45) is 0 Å². The highest BCUT2D eigenvalue weighted by molar-refractivity contribution is 7.90. The molecule has 0 saturated heterocycles. The van der Waals surface area contributed by atoms with Crippen molar-refractivity contribution >= 4 is 33.1 Å². The van der Waals surface area contributed by atoms with Crippen LogP contribution in [0.3, 0.4) is 0 Å². The summed E-state index contributed by atoms with van der Waals surface area (Å²) < 4.78 is 40.7. The van der Waals surface area contributed by atoms with E-state index < -0.39 is 21.8 Å². The molecule has 0 bridgehead atoms. The number of benzene rings is 3. The first kappa shape index (κ1) is 26.3. The normalized spacial score (nSPS) is 12.1. The molecule has 0 fully saturated rings. The number of anilines is 1. The van der Waals surface area contributed by atoms with Crippen molar-refractivity contribution in [1.82, 2.24) is 0 Å². The number of hydrogen-bond donors (Lipinski definition) is 2. The van der Waals surface area contributed by atoms with Gasteiger partial charge in [-0.15, -0.1) is 0 Å². The molecule has 35 heavy (non-hydrogen) atoms. The van der Waals surface area contributed by atoms with Gasteiger partial charge in [0.05, 0.1) is 25.2 Å². The van der Waals surface area contributed by atoms with E-state index in [0.29, 0.717) is 17.2 Å². The quantitative estimate of drug-likeness (QED) is 0.334. The molecule has 0 radical (unpaired) electrons. The Hall–Kier alpha value is -3.27. The number of ether oxygens (including phenoxy) is 3. The van der Waals surface area contributed by atoms with E-state index in [1.165, 1.54) is 31.4 Å². The molecule has 186 valence electrons. The zero-order valence-electron chi connectivity index (χ0n) is 19.2. The molecule has 3 aromatic rings. The maximum atomic E-state index is 12.2. The van der Waals surface area contributed by atoms with Crippen LogP contribution in [0.1, 0.15) is 17.2 Å².